The Bertz CT molecular complexity index is 867. The third-order valence-corrected chi connectivity index (χ3v) is 8.50. The monoisotopic (exact) mass is 671 g/mol. The third-order valence-electron chi connectivity index (χ3n) is 8.50. The van der Waals surface area contributed by atoms with E-state index in [1.165, 1.54) is 25.7 Å². The van der Waals surface area contributed by atoms with Crippen LogP contribution < -0.4 is 5.32 Å². The van der Waals surface area contributed by atoms with Gasteiger partial charge >= 0.3 is 0 Å². The number of hydrogen-bond donors (Lipinski definition) is 8. The van der Waals surface area contributed by atoms with Gasteiger partial charge in [0.05, 0.1) is 25.4 Å². The highest BCUT2D eigenvalue weighted by molar-refractivity contribution is 5.80. The molecule has 0 aromatic rings. The van der Waals surface area contributed by atoms with Crippen molar-refractivity contribution in [1.82, 2.24) is 5.32 Å². The number of carbonyl (C=O) groups excluding carboxylic acids is 1. The van der Waals surface area contributed by atoms with E-state index < -0.39 is 74.2 Å². The van der Waals surface area contributed by atoms with Gasteiger partial charge in [-0.05, 0) is 58.3 Å². The van der Waals surface area contributed by atoms with Gasteiger partial charge in [-0.25, -0.2) is 0 Å². The Labute approximate surface area is 282 Å². The van der Waals surface area contributed by atoms with Gasteiger partial charge in [0.2, 0.25) is 5.91 Å². The van der Waals surface area contributed by atoms with Gasteiger partial charge in [-0.3, -0.25) is 4.79 Å². The average Bonchev–Trinajstić information content (AvgIpc) is 3.07. The lowest BCUT2D eigenvalue weighted by Gasteiger charge is -2.40. The fourth-order valence-corrected chi connectivity index (χ4v) is 5.42. The highest BCUT2D eigenvalue weighted by atomic mass is 16.7. The topological polar surface area (TPSA) is 189 Å². The van der Waals surface area contributed by atoms with Crippen LogP contribution in [-0.2, 0) is 14.3 Å². The van der Waals surface area contributed by atoms with Gasteiger partial charge in [-0.15, -0.1) is 0 Å². The maximum Gasteiger partial charge on any atom is 0.249 e. The number of aliphatic hydroxyl groups excluding tert-OH is 7. The lowest BCUT2D eigenvalue weighted by Crippen LogP contribution is -2.60. The molecule has 1 saturated heterocycles. The normalized spacial score (nSPS) is 24.7. The summed E-state index contributed by atoms with van der Waals surface area (Å²) in [5.74, 6) is -0.722. The number of hydrogen-bond acceptors (Lipinski definition) is 10. The molecule has 11 heteroatoms. The second kappa shape index (κ2) is 27.2. The van der Waals surface area contributed by atoms with Crippen LogP contribution in [-0.4, -0.2) is 110 Å². The van der Waals surface area contributed by atoms with E-state index in [1.807, 2.05) is 19.1 Å². The summed E-state index contributed by atoms with van der Waals surface area (Å²) in [5.41, 5.74) is 0. The summed E-state index contributed by atoms with van der Waals surface area (Å²) in [4.78, 5) is 12.9. The lowest BCUT2D eigenvalue weighted by atomic mass is 9.98. The molecule has 8 N–H and O–H groups in total. The van der Waals surface area contributed by atoms with Crippen molar-refractivity contribution in [3.8, 4) is 0 Å². The molecule has 0 aromatic heterocycles. The molecule has 0 spiro atoms. The number of carbonyl (C=O) groups is 1. The molecule has 0 aromatic carbocycles. The van der Waals surface area contributed by atoms with Gasteiger partial charge in [0, 0.05) is 0 Å². The predicted octanol–water partition coefficient (Wildman–Crippen LogP) is 3.32. The first-order valence-corrected chi connectivity index (χ1v) is 17.9. The van der Waals surface area contributed by atoms with E-state index in [-0.39, 0.29) is 12.8 Å². The molecule has 9 unspecified atom stereocenters. The minimum absolute atomic E-state index is 0.240. The van der Waals surface area contributed by atoms with Gasteiger partial charge < -0.3 is 50.5 Å². The fourth-order valence-electron chi connectivity index (χ4n) is 5.42. The molecule has 47 heavy (non-hydrogen) atoms. The molecule has 1 heterocycles. The minimum atomic E-state index is -1.67. The zero-order valence-electron chi connectivity index (χ0n) is 28.7. The Morgan fingerprint density at radius 2 is 1.34 bits per heavy atom. The lowest BCUT2D eigenvalue weighted by molar-refractivity contribution is -0.303. The molecule has 1 rings (SSSR count). The molecule has 274 valence electrons. The predicted molar refractivity (Wildman–Crippen MR) is 182 cm³/mol. The molecule has 11 nitrogen and oxygen atoms in total. The molecular weight excluding hydrogens is 606 g/mol. The van der Waals surface area contributed by atoms with E-state index in [0.717, 1.165) is 44.9 Å². The van der Waals surface area contributed by atoms with Crippen LogP contribution in [0.5, 0.6) is 0 Å². The van der Waals surface area contributed by atoms with Gasteiger partial charge in [-0.2, -0.15) is 0 Å². The zero-order valence-corrected chi connectivity index (χ0v) is 28.7. The molecule has 1 aliphatic heterocycles. The smallest absolute Gasteiger partial charge is 0.249 e. The van der Waals surface area contributed by atoms with Crippen LogP contribution in [0.25, 0.3) is 0 Å². The van der Waals surface area contributed by atoms with Crippen molar-refractivity contribution in [2.24, 2.45) is 0 Å². The van der Waals surface area contributed by atoms with Crippen molar-refractivity contribution >= 4 is 5.91 Å². The van der Waals surface area contributed by atoms with Gasteiger partial charge in [0.25, 0.3) is 0 Å². The second-order valence-corrected chi connectivity index (χ2v) is 12.6. The molecule has 1 amide bonds. The second-order valence-electron chi connectivity index (χ2n) is 12.6. The summed E-state index contributed by atoms with van der Waals surface area (Å²) in [7, 11) is 0. The van der Waals surface area contributed by atoms with Crippen LogP contribution in [0.2, 0.25) is 0 Å². The number of ether oxygens (including phenoxy) is 2. The molecule has 0 bridgehead atoms. The van der Waals surface area contributed by atoms with E-state index in [1.54, 1.807) is 0 Å². The van der Waals surface area contributed by atoms with Gasteiger partial charge in [0.1, 0.15) is 36.6 Å². The van der Waals surface area contributed by atoms with Crippen molar-refractivity contribution in [1.29, 1.82) is 0 Å². The first-order valence-electron chi connectivity index (χ1n) is 17.9. The highest BCUT2D eigenvalue weighted by Crippen LogP contribution is 2.23. The summed E-state index contributed by atoms with van der Waals surface area (Å²) in [6, 6.07) is -1.19. The highest BCUT2D eigenvalue weighted by Gasteiger charge is 2.44. The zero-order chi connectivity index (χ0) is 34.9. The first kappa shape index (κ1) is 43.4. The molecular formula is C36H65NO10. The van der Waals surface area contributed by atoms with Crippen LogP contribution in [0.3, 0.4) is 0 Å². The van der Waals surface area contributed by atoms with E-state index in [9.17, 15) is 40.5 Å². The van der Waals surface area contributed by atoms with E-state index >= 15 is 0 Å². The van der Waals surface area contributed by atoms with E-state index in [0.29, 0.717) is 19.3 Å². The summed E-state index contributed by atoms with van der Waals surface area (Å²) in [6.45, 7) is 3.10. The maximum absolute atomic E-state index is 12.9. The Balaban J connectivity index is 2.66. The quantitative estimate of drug-likeness (QED) is 0.0475. The van der Waals surface area contributed by atoms with Crippen LogP contribution in [0.15, 0.2) is 36.5 Å². The number of amides is 1. The van der Waals surface area contributed by atoms with Crippen LogP contribution in [0.1, 0.15) is 117 Å². The Morgan fingerprint density at radius 3 is 1.94 bits per heavy atom. The van der Waals surface area contributed by atoms with Crippen molar-refractivity contribution in [3.05, 3.63) is 36.5 Å². The molecule has 0 saturated carbocycles. The number of unbranched alkanes of at least 4 members (excludes halogenated alkanes) is 10. The molecule has 1 fully saturated rings. The number of rotatable bonds is 27. The largest absolute Gasteiger partial charge is 0.394 e. The molecule has 9 atom stereocenters. The van der Waals surface area contributed by atoms with Crippen molar-refractivity contribution in [2.75, 3.05) is 13.2 Å². The van der Waals surface area contributed by atoms with Crippen LogP contribution in [0, 0.1) is 0 Å². The van der Waals surface area contributed by atoms with Crippen LogP contribution in [0.4, 0.5) is 0 Å². The van der Waals surface area contributed by atoms with Crippen molar-refractivity contribution < 1.29 is 50.0 Å². The molecule has 0 aliphatic carbocycles. The summed E-state index contributed by atoms with van der Waals surface area (Å²) in [6.07, 6.45) is 15.3. The Kier molecular flexibility index (Phi) is 25.1. The average molecular weight is 672 g/mol. The van der Waals surface area contributed by atoms with Crippen molar-refractivity contribution in [3.63, 3.8) is 0 Å². The Morgan fingerprint density at radius 1 is 0.766 bits per heavy atom. The molecule has 0 radical (unpaired) electrons. The third kappa shape index (κ3) is 18.6. The van der Waals surface area contributed by atoms with Crippen LogP contribution >= 0.6 is 0 Å². The van der Waals surface area contributed by atoms with Gasteiger partial charge in [0.15, 0.2) is 6.29 Å². The maximum atomic E-state index is 12.9. The van der Waals surface area contributed by atoms with Crippen molar-refractivity contribution in [2.45, 2.75) is 172 Å². The minimum Gasteiger partial charge on any atom is -0.394 e. The molecule has 1 aliphatic rings. The van der Waals surface area contributed by atoms with Gasteiger partial charge in [-0.1, -0.05) is 94.7 Å². The first-order chi connectivity index (χ1) is 22.7. The number of nitrogens with one attached hydrogen (secondary N) is 1. The summed E-state index contributed by atoms with van der Waals surface area (Å²) < 4.78 is 11.0. The fraction of sp³-hybridized carbons (Fsp3) is 0.806. The SMILES string of the molecule is C/C=C/CC/C=C/CC/C=C/CCCC(O)C(O)C(COC1OC(CO)C(O)C(O)C1O)NC(=O)C(O)CCCCCCCCCC. The summed E-state index contributed by atoms with van der Waals surface area (Å²) in [5, 5.41) is 74.8. The number of aliphatic hydroxyl groups is 7. The van der Waals surface area contributed by atoms with E-state index in [4.69, 9.17) is 9.47 Å². The summed E-state index contributed by atoms with van der Waals surface area (Å²) >= 11 is 0. The standard InChI is InChI=1S/C36H65NO10/c1-3-5-7-9-11-13-14-15-16-18-19-21-23-28(39)31(41)27(26-46-36-34(44)33(43)32(42)30(25-38)47-36)37-35(45)29(40)24-22-20-17-12-10-8-6-4-2/h3,5,11,13,16,18,27-34,36,38-44H,4,6-10,12,14-15,17,19-26H2,1-2H3,(H,37,45)/b5-3+,13-11+,18-16+. The number of allylic oxidation sites excluding steroid dienone is 6. The Hall–Kier alpha value is -1.67. The van der Waals surface area contributed by atoms with E-state index in [2.05, 4.69) is 36.5 Å².